The lowest BCUT2D eigenvalue weighted by molar-refractivity contribution is -0.111. The minimum atomic E-state index is -0.240. The number of rotatable bonds is 3. The fourth-order valence-corrected chi connectivity index (χ4v) is 2.26. The van der Waals surface area contributed by atoms with E-state index in [2.05, 4.69) is 9.97 Å². The van der Waals surface area contributed by atoms with Crippen LogP contribution in [0.15, 0.2) is 54.6 Å². The molecular weight excluding hydrogens is 264 g/mol. The number of nitrogens with one attached hydrogen (secondary N) is 1. The van der Waals surface area contributed by atoms with Gasteiger partial charge in [0, 0.05) is 5.56 Å². The molecule has 0 aliphatic rings. The predicted octanol–water partition coefficient (Wildman–Crippen LogP) is 3.58. The molecular formula is C17H14N2O2. The van der Waals surface area contributed by atoms with Gasteiger partial charge in [0.1, 0.15) is 17.2 Å². The molecule has 21 heavy (non-hydrogen) atoms. The molecule has 0 amide bonds. The number of aliphatic hydroxyl groups is 1. The van der Waals surface area contributed by atoms with Gasteiger partial charge in [-0.25, -0.2) is 4.98 Å². The molecule has 0 radical (unpaired) electrons. The number of H-pyrrole nitrogens is 1. The van der Waals surface area contributed by atoms with E-state index in [0.29, 0.717) is 11.4 Å². The number of nitrogens with zero attached hydrogens (tertiary/aromatic N) is 1. The van der Waals surface area contributed by atoms with Crippen molar-refractivity contribution >= 4 is 28.1 Å². The summed E-state index contributed by atoms with van der Waals surface area (Å²) in [5.41, 5.74) is 2.36. The normalized spacial score (nSPS) is 12.2. The molecule has 0 saturated carbocycles. The summed E-state index contributed by atoms with van der Waals surface area (Å²) in [4.78, 5) is 19.4. The summed E-state index contributed by atoms with van der Waals surface area (Å²) in [6.45, 7) is 1.42. The Morgan fingerprint density at radius 3 is 2.38 bits per heavy atom. The summed E-state index contributed by atoms with van der Waals surface area (Å²) >= 11 is 0. The Hall–Kier alpha value is -2.88. The average Bonchev–Trinajstić information content (AvgIpc) is 2.91. The molecule has 0 spiro atoms. The van der Waals surface area contributed by atoms with Crippen molar-refractivity contribution < 1.29 is 9.90 Å². The van der Waals surface area contributed by atoms with E-state index in [0.717, 1.165) is 11.0 Å². The number of benzene rings is 2. The summed E-state index contributed by atoms with van der Waals surface area (Å²) in [5.74, 6) is 0.0719. The van der Waals surface area contributed by atoms with Crippen LogP contribution in [0.4, 0.5) is 0 Å². The van der Waals surface area contributed by atoms with E-state index in [1.165, 1.54) is 6.92 Å². The number of aromatic nitrogens is 2. The molecule has 0 atom stereocenters. The van der Waals surface area contributed by atoms with Crippen LogP contribution in [0.1, 0.15) is 18.3 Å². The van der Waals surface area contributed by atoms with Crippen molar-refractivity contribution in [1.82, 2.24) is 9.97 Å². The summed E-state index contributed by atoms with van der Waals surface area (Å²) in [6.07, 6.45) is 0. The van der Waals surface area contributed by atoms with Crippen molar-refractivity contribution in [3.05, 3.63) is 66.0 Å². The molecule has 4 heteroatoms. The van der Waals surface area contributed by atoms with Gasteiger partial charge in [-0.05, 0) is 19.1 Å². The molecule has 104 valence electrons. The van der Waals surface area contributed by atoms with Gasteiger partial charge in [0.2, 0.25) is 0 Å². The van der Waals surface area contributed by atoms with Crippen LogP contribution in [0.2, 0.25) is 0 Å². The number of hydrogen-bond donors (Lipinski definition) is 2. The lowest BCUT2D eigenvalue weighted by atomic mass is 10.1. The fraction of sp³-hybridized carbons (Fsp3) is 0.0588. The molecule has 0 fully saturated rings. The highest BCUT2D eigenvalue weighted by atomic mass is 16.3. The van der Waals surface area contributed by atoms with Crippen molar-refractivity contribution in [2.75, 3.05) is 0 Å². The standard InChI is InChI=1S/C17H14N2O2/c1-11(20)15(16(21)12-7-3-2-4-8-12)17-18-13-9-5-6-10-14(13)19-17/h2-10,21H,1H3,(H,18,19). The zero-order valence-corrected chi connectivity index (χ0v) is 11.5. The van der Waals surface area contributed by atoms with Crippen molar-refractivity contribution in [3.8, 4) is 0 Å². The van der Waals surface area contributed by atoms with Gasteiger partial charge in [-0.1, -0.05) is 42.5 Å². The van der Waals surface area contributed by atoms with E-state index in [-0.39, 0.29) is 17.1 Å². The molecule has 0 saturated heterocycles. The van der Waals surface area contributed by atoms with Crippen LogP contribution in [-0.4, -0.2) is 20.9 Å². The van der Waals surface area contributed by atoms with Gasteiger partial charge in [-0.15, -0.1) is 0 Å². The van der Waals surface area contributed by atoms with E-state index >= 15 is 0 Å². The van der Waals surface area contributed by atoms with Crippen LogP contribution in [0.3, 0.4) is 0 Å². The fourth-order valence-electron chi connectivity index (χ4n) is 2.26. The molecule has 2 aromatic carbocycles. The number of carbonyl (C=O) groups is 1. The molecule has 4 nitrogen and oxygen atoms in total. The maximum absolute atomic E-state index is 12.0. The monoisotopic (exact) mass is 278 g/mol. The highest BCUT2D eigenvalue weighted by Crippen LogP contribution is 2.25. The number of allylic oxidation sites excluding steroid dienone is 1. The number of ketones is 1. The molecule has 0 aliphatic heterocycles. The zero-order valence-electron chi connectivity index (χ0n) is 11.5. The number of carbonyl (C=O) groups excluding carboxylic acids is 1. The average molecular weight is 278 g/mol. The molecule has 3 rings (SSSR count). The Balaban J connectivity index is 2.20. The van der Waals surface area contributed by atoms with Crippen molar-refractivity contribution in [3.63, 3.8) is 0 Å². The Morgan fingerprint density at radius 2 is 1.71 bits per heavy atom. The number of aliphatic hydroxyl groups excluding tert-OH is 1. The van der Waals surface area contributed by atoms with Gasteiger partial charge in [0.15, 0.2) is 5.78 Å². The predicted molar refractivity (Wildman–Crippen MR) is 82.7 cm³/mol. The number of aromatic amines is 1. The zero-order chi connectivity index (χ0) is 14.8. The van der Waals surface area contributed by atoms with Crippen molar-refractivity contribution in [1.29, 1.82) is 0 Å². The van der Waals surface area contributed by atoms with Crippen LogP contribution in [0.25, 0.3) is 22.4 Å². The SMILES string of the molecule is CC(=O)C(=C(O)c1ccccc1)c1nc2ccccc2[nH]1. The van der Waals surface area contributed by atoms with E-state index in [9.17, 15) is 9.90 Å². The first-order valence-corrected chi connectivity index (χ1v) is 6.61. The number of hydrogen-bond acceptors (Lipinski definition) is 3. The second-order valence-electron chi connectivity index (χ2n) is 4.75. The highest BCUT2D eigenvalue weighted by molar-refractivity contribution is 6.25. The van der Waals surface area contributed by atoms with E-state index < -0.39 is 0 Å². The summed E-state index contributed by atoms with van der Waals surface area (Å²) in [7, 11) is 0. The third kappa shape index (κ3) is 2.43. The van der Waals surface area contributed by atoms with Crippen molar-refractivity contribution in [2.45, 2.75) is 6.92 Å². The minimum Gasteiger partial charge on any atom is -0.506 e. The Bertz CT molecular complexity index is 799. The molecule has 0 aliphatic carbocycles. The summed E-state index contributed by atoms with van der Waals surface area (Å²) in [5, 5.41) is 10.4. The minimum absolute atomic E-state index is 0.0674. The highest BCUT2D eigenvalue weighted by Gasteiger charge is 2.18. The Labute approximate surface area is 121 Å². The number of Topliss-reactive ketones (excluding diaryl/α,β-unsaturated/α-hetero) is 1. The van der Waals surface area contributed by atoms with E-state index in [1.807, 2.05) is 42.5 Å². The van der Waals surface area contributed by atoms with Crippen LogP contribution < -0.4 is 0 Å². The van der Waals surface area contributed by atoms with Gasteiger partial charge in [0.05, 0.1) is 11.0 Å². The Morgan fingerprint density at radius 1 is 1.05 bits per heavy atom. The molecule has 0 bridgehead atoms. The second-order valence-corrected chi connectivity index (χ2v) is 4.75. The largest absolute Gasteiger partial charge is 0.506 e. The van der Waals surface area contributed by atoms with Crippen molar-refractivity contribution in [2.24, 2.45) is 0 Å². The number of fused-ring (bicyclic) bond motifs is 1. The lowest BCUT2D eigenvalue weighted by Crippen LogP contribution is -2.02. The van der Waals surface area contributed by atoms with Gasteiger partial charge < -0.3 is 10.1 Å². The third-order valence-electron chi connectivity index (χ3n) is 3.26. The van der Waals surface area contributed by atoms with Gasteiger partial charge in [-0.2, -0.15) is 0 Å². The third-order valence-corrected chi connectivity index (χ3v) is 3.26. The van der Waals surface area contributed by atoms with Crippen LogP contribution in [-0.2, 0) is 4.79 Å². The molecule has 0 unspecified atom stereocenters. The van der Waals surface area contributed by atoms with E-state index in [4.69, 9.17) is 0 Å². The number of para-hydroxylation sites is 2. The number of imidazole rings is 1. The maximum Gasteiger partial charge on any atom is 0.167 e. The van der Waals surface area contributed by atoms with E-state index in [1.54, 1.807) is 12.1 Å². The molecule has 2 N–H and O–H groups in total. The van der Waals surface area contributed by atoms with Gasteiger partial charge in [-0.3, -0.25) is 4.79 Å². The van der Waals surface area contributed by atoms with Gasteiger partial charge >= 0.3 is 0 Å². The molecule has 3 aromatic rings. The summed E-state index contributed by atoms with van der Waals surface area (Å²) in [6, 6.07) is 16.5. The topological polar surface area (TPSA) is 66.0 Å². The lowest BCUT2D eigenvalue weighted by Gasteiger charge is -2.05. The van der Waals surface area contributed by atoms with Crippen LogP contribution in [0.5, 0.6) is 0 Å². The smallest absolute Gasteiger partial charge is 0.167 e. The molecule has 1 aromatic heterocycles. The molecule has 1 heterocycles. The quantitative estimate of drug-likeness (QED) is 0.568. The summed E-state index contributed by atoms with van der Waals surface area (Å²) < 4.78 is 0. The first-order valence-electron chi connectivity index (χ1n) is 6.61. The van der Waals surface area contributed by atoms with Crippen LogP contribution >= 0.6 is 0 Å². The van der Waals surface area contributed by atoms with Crippen LogP contribution in [0, 0.1) is 0 Å². The Kier molecular flexibility index (Phi) is 3.28. The van der Waals surface area contributed by atoms with Gasteiger partial charge in [0.25, 0.3) is 0 Å². The first kappa shape index (κ1) is 13.1. The first-order chi connectivity index (χ1) is 10.2. The maximum atomic E-state index is 12.0. The second kappa shape index (κ2) is 5.25.